The Labute approximate surface area is 120 Å². The highest BCUT2D eigenvalue weighted by atomic mass is 16.5. The lowest BCUT2D eigenvalue weighted by Crippen LogP contribution is -1.89. The molecule has 0 atom stereocenters. The van der Waals surface area contributed by atoms with Crippen LogP contribution in [0.25, 0.3) is 0 Å². The SMILES string of the molecule is CC/N=C\C(C)=C(/C)CCCCCCCCCOC. The molecule has 0 aromatic carbocycles. The number of nitrogens with zero attached hydrogens (tertiary/aromatic N) is 1. The molecular weight excluding hydrogens is 234 g/mol. The molecule has 0 unspecified atom stereocenters. The molecule has 0 saturated heterocycles. The number of aliphatic imine (C=N–C) groups is 1. The van der Waals surface area contributed by atoms with Crippen LogP contribution in [-0.4, -0.2) is 26.5 Å². The highest BCUT2D eigenvalue weighted by molar-refractivity contribution is 5.78. The molecule has 2 nitrogen and oxygen atoms in total. The molecule has 0 aliphatic rings. The van der Waals surface area contributed by atoms with Crippen LogP contribution in [0.15, 0.2) is 16.1 Å². The number of hydrogen-bond donors (Lipinski definition) is 0. The minimum atomic E-state index is 0.883. The summed E-state index contributed by atoms with van der Waals surface area (Å²) in [5.41, 5.74) is 2.85. The van der Waals surface area contributed by atoms with E-state index in [9.17, 15) is 0 Å². The fraction of sp³-hybridized carbons (Fsp3) is 0.824. The zero-order valence-electron chi connectivity index (χ0n) is 13.5. The summed E-state index contributed by atoms with van der Waals surface area (Å²) in [7, 11) is 1.78. The second-order valence-electron chi connectivity index (χ2n) is 5.31. The first-order valence-electron chi connectivity index (χ1n) is 7.87. The second kappa shape index (κ2) is 13.8. The second-order valence-corrected chi connectivity index (χ2v) is 5.31. The average Bonchev–Trinajstić information content (AvgIpc) is 2.42. The fourth-order valence-electron chi connectivity index (χ4n) is 2.06. The van der Waals surface area contributed by atoms with E-state index < -0.39 is 0 Å². The maximum absolute atomic E-state index is 5.05. The molecule has 0 heterocycles. The third-order valence-electron chi connectivity index (χ3n) is 3.54. The van der Waals surface area contributed by atoms with E-state index in [0.29, 0.717) is 0 Å². The molecule has 0 amide bonds. The Morgan fingerprint density at radius 3 is 2.11 bits per heavy atom. The van der Waals surface area contributed by atoms with E-state index in [1.807, 2.05) is 6.21 Å². The molecule has 0 aliphatic carbocycles. The van der Waals surface area contributed by atoms with Gasteiger partial charge >= 0.3 is 0 Å². The van der Waals surface area contributed by atoms with Crippen molar-refractivity contribution in [2.24, 2.45) is 4.99 Å². The third-order valence-corrected chi connectivity index (χ3v) is 3.54. The molecule has 0 saturated carbocycles. The van der Waals surface area contributed by atoms with Crippen molar-refractivity contribution in [3.8, 4) is 0 Å². The van der Waals surface area contributed by atoms with Crippen molar-refractivity contribution in [2.45, 2.75) is 72.1 Å². The Balaban J connectivity index is 3.45. The molecule has 0 spiro atoms. The predicted octanol–water partition coefficient (Wildman–Crippen LogP) is 5.18. The van der Waals surface area contributed by atoms with Gasteiger partial charge in [-0.15, -0.1) is 0 Å². The Kier molecular flexibility index (Phi) is 13.3. The van der Waals surface area contributed by atoms with E-state index in [-0.39, 0.29) is 0 Å². The molecule has 0 aromatic rings. The minimum Gasteiger partial charge on any atom is -0.385 e. The summed E-state index contributed by atoms with van der Waals surface area (Å²) < 4.78 is 5.05. The van der Waals surface area contributed by atoms with Gasteiger partial charge < -0.3 is 4.74 Å². The Bertz CT molecular complexity index is 256. The summed E-state index contributed by atoms with van der Waals surface area (Å²) in [6.07, 6.45) is 12.6. The smallest absolute Gasteiger partial charge is 0.0462 e. The highest BCUT2D eigenvalue weighted by Gasteiger charge is 1.96. The van der Waals surface area contributed by atoms with E-state index in [1.54, 1.807) is 7.11 Å². The molecule has 0 fully saturated rings. The van der Waals surface area contributed by atoms with Crippen LogP contribution in [0.2, 0.25) is 0 Å². The lowest BCUT2D eigenvalue weighted by Gasteiger charge is -2.05. The largest absolute Gasteiger partial charge is 0.385 e. The van der Waals surface area contributed by atoms with E-state index in [0.717, 1.165) is 13.2 Å². The molecule has 0 N–H and O–H groups in total. The first-order chi connectivity index (χ1) is 9.22. The van der Waals surface area contributed by atoms with Crippen molar-refractivity contribution in [2.75, 3.05) is 20.3 Å². The number of hydrogen-bond acceptors (Lipinski definition) is 2. The molecule has 0 rings (SSSR count). The van der Waals surface area contributed by atoms with E-state index in [1.165, 1.54) is 62.5 Å². The molecule has 0 bridgehead atoms. The summed E-state index contributed by atoms with van der Waals surface area (Å²) in [5.74, 6) is 0. The van der Waals surface area contributed by atoms with Gasteiger partial charge in [0.25, 0.3) is 0 Å². The summed E-state index contributed by atoms with van der Waals surface area (Å²) in [5, 5.41) is 0. The maximum atomic E-state index is 5.05. The Morgan fingerprint density at radius 2 is 1.53 bits per heavy atom. The van der Waals surface area contributed by atoms with Crippen molar-refractivity contribution in [1.82, 2.24) is 0 Å². The summed E-state index contributed by atoms with van der Waals surface area (Å²) >= 11 is 0. The van der Waals surface area contributed by atoms with Gasteiger partial charge in [0.15, 0.2) is 0 Å². The van der Waals surface area contributed by atoms with E-state index in [2.05, 4.69) is 25.8 Å². The molecule has 19 heavy (non-hydrogen) atoms. The highest BCUT2D eigenvalue weighted by Crippen LogP contribution is 2.14. The van der Waals surface area contributed by atoms with E-state index >= 15 is 0 Å². The Hall–Kier alpha value is -0.630. The Morgan fingerprint density at radius 1 is 0.947 bits per heavy atom. The predicted molar refractivity (Wildman–Crippen MR) is 86.2 cm³/mol. The van der Waals surface area contributed by atoms with Crippen LogP contribution in [0.3, 0.4) is 0 Å². The lowest BCUT2D eigenvalue weighted by molar-refractivity contribution is 0.192. The van der Waals surface area contributed by atoms with Crippen LogP contribution in [-0.2, 0) is 4.74 Å². The van der Waals surface area contributed by atoms with Gasteiger partial charge in [-0.25, -0.2) is 0 Å². The number of ether oxygens (including phenoxy) is 1. The number of methoxy groups -OCH3 is 1. The third kappa shape index (κ3) is 12.2. The summed E-state index contributed by atoms with van der Waals surface area (Å²) in [4.78, 5) is 4.29. The van der Waals surface area contributed by atoms with Crippen LogP contribution in [0.1, 0.15) is 72.1 Å². The van der Waals surface area contributed by atoms with Crippen LogP contribution >= 0.6 is 0 Å². The van der Waals surface area contributed by atoms with Gasteiger partial charge in [-0.3, -0.25) is 4.99 Å². The van der Waals surface area contributed by atoms with Gasteiger partial charge in [-0.05, 0) is 45.6 Å². The van der Waals surface area contributed by atoms with Crippen molar-refractivity contribution in [3.63, 3.8) is 0 Å². The fourth-order valence-corrected chi connectivity index (χ4v) is 2.06. The zero-order valence-corrected chi connectivity index (χ0v) is 13.5. The molecule has 0 aliphatic heterocycles. The van der Waals surface area contributed by atoms with Crippen LogP contribution in [0.5, 0.6) is 0 Å². The van der Waals surface area contributed by atoms with Crippen molar-refractivity contribution in [1.29, 1.82) is 0 Å². The van der Waals surface area contributed by atoms with Gasteiger partial charge in [0, 0.05) is 26.5 Å². The van der Waals surface area contributed by atoms with Gasteiger partial charge in [0.1, 0.15) is 0 Å². The van der Waals surface area contributed by atoms with Crippen LogP contribution in [0, 0.1) is 0 Å². The maximum Gasteiger partial charge on any atom is 0.0462 e. The van der Waals surface area contributed by atoms with Crippen LogP contribution < -0.4 is 0 Å². The standard InChI is InChI=1S/C17H33NO/c1-5-18-15-17(3)16(2)13-11-9-7-6-8-10-12-14-19-4/h15H,5-14H2,1-4H3/b17-16+,18-15-. The molecular formula is C17H33NO. The minimum absolute atomic E-state index is 0.883. The van der Waals surface area contributed by atoms with Gasteiger partial charge in [0.2, 0.25) is 0 Å². The molecule has 112 valence electrons. The quantitative estimate of drug-likeness (QED) is 0.352. The first-order valence-corrected chi connectivity index (χ1v) is 7.87. The monoisotopic (exact) mass is 267 g/mol. The van der Waals surface area contributed by atoms with Crippen LogP contribution in [0.4, 0.5) is 0 Å². The van der Waals surface area contributed by atoms with Gasteiger partial charge in [-0.1, -0.05) is 37.7 Å². The number of unbranched alkanes of at least 4 members (excludes halogenated alkanes) is 6. The summed E-state index contributed by atoms with van der Waals surface area (Å²) in [6, 6.07) is 0. The van der Waals surface area contributed by atoms with E-state index in [4.69, 9.17) is 4.74 Å². The normalized spacial score (nSPS) is 13.1. The van der Waals surface area contributed by atoms with Gasteiger partial charge in [-0.2, -0.15) is 0 Å². The van der Waals surface area contributed by atoms with Crippen molar-refractivity contribution in [3.05, 3.63) is 11.1 Å². The van der Waals surface area contributed by atoms with Gasteiger partial charge in [0.05, 0.1) is 0 Å². The lowest BCUT2D eigenvalue weighted by atomic mass is 10.0. The number of allylic oxidation sites excluding steroid dienone is 2. The first kappa shape index (κ1) is 18.4. The molecule has 0 radical (unpaired) electrons. The topological polar surface area (TPSA) is 21.6 Å². The van der Waals surface area contributed by atoms with Crippen molar-refractivity contribution >= 4 is 6.21 Å². The molecule has 0 aromatic heterocycles. The number of rotatable bonds is 12. The van der Waals surface area contributed by atoms with Crippen molar-refractivity contribution < 1.29 is 4.74 Å². The molecule has 2 heteroatoms. The zero-order chi connectivity index (χ0) is 14.3. The average molecular weight is 267 g/mol. The summed E-state index contributed by atoms with van der Waals surface area (Å²) in [6.45, 7) is 8.29.